The summed E-state index contributed by atoms with van der Waals surface area (Å²) >= 11 is 0. The van der Waals surface area contributed by atoms with Gasteiger partial charge < -0.3 is 15.5 Å². The zero-order valence-corrected chi connectivity index (χ0v) is 14.3. The van der Waals surface area contributed by atoms with Gasteiger partial charge in [-0.2, -0.15) is 0 Å². The summed E-state index contributed by atoms with van der Waals surface area (Å²) in [5.41, 5.74) is 2.79. The minimum Gasteiger partial charge on any atom is -0.325 e. The molecule has 126 valence electrons. The molecule has 0 aromatic heterocycles. The molecule has 5 heteroatoms. The van der Waals surface area contributed by atoms with Gasteiger partial charge in [-0.05, 0) is 50.6 Å². The summed E-state index contributed by atoms with van der Waals surface area (Å²) in [6.45, 7) is 7.03. The monoisotopic (exact) mass is 325 g/mol. The van der Waals surface area contributed by atoms with Crippen molar-refractivity contribution in [2.45, 2.75) is 20.8 Å². The topological polar surface area (TPSA) is 61.4 Å². The van der Waals surface area contributed by atoms with E-state index in [2.05, 4.69) is 10.6 Å². The molecule has 0 aliphatic rings. The number of nitrogens with zero attached hydrogens (tertiary/aromatic N) is 1. The van der Waals surface area contributed by atoms with Gasteiger partial charge in [0, 0.05) is 30.0 Å². The Balaban J connectivity index is 2.16. The Labute approximate surface area is 142 Å². The highest BCUT2D eigenvalue weighted by Gasteiger charge is 2.13. The van der Waals surface area contributed by atoms with E-state index >= 15 is 0 Å². The molecule has 0 spiro atoms. The maximum atomic E-state index is 12.4. The van der Waals surface area contributed by atoms with E-state index in [0.29, 0.717) is 24.3 Å². The van der Waals surface area contributed by atoms with Crippen molar-refractivity contribution in [3.05, 3.63) is 59.7 Å². The second kappa shape index (κ2) is 8.15. The SMILES string of the molecule is CCN(CC)C(=O)Nc1cc(C(=O)Nc2ccccc2)ccc1C. The van der Waals surface area contributed by atoms with Gasteiger partial charge in [-0.1, -0.05) is 24.3 Å². The Morgan fingerprint density at radius 1 is 0.958 bits per heavy atom. The molecule has 2 rings (SSSR count). The summed E-state index contributed by atoms with van der Waals surface area (Å²) in [5.74, 6) is -0.209. The van der Waals surface area contributed by atoms with E-state index in [9.17, 15) is 9.59 Å². The first-order chi connectivity index (χ1) is 11.5. The second-order valence-electron chi connectivity index (χ2n) is 5.45. The maximum absolute atomic E-state index is 12.4. The molecule has 0 fully saturated rings. The van der Waals surface area contributed by atoms with Crippen molar-refractivity contribution in [1.29, 1.82) is 0 Å². The average Bonchev–Trinajstić information content (AvgIpc) is 2.58. The van der Waals surface area contributed by atoms with E-state index in [1.165, 1.54) is 0 Å². The van der Waals surface area contributed by atoms with E-state index in [1.54, 1.807) is 17.0 Å². The van der Waals surface area contributed by atoms with Crippen LogP contribution in [0.25, 0.3) is 0 Å². The molecular formula is C19H23N3O2. The number of carbonyl (C=O) groups is 2. The summed E-state index contributed by atoms with van der Waals surface area (Å²) in [6, 6.07) is 14.4. The van der Waals surface area contributed by atoms with Crippen molar-refractivity contribution in [3.8, 4) is 0 Å². The van der Waals surface area contributed by atoms with Crippen LogP contribution in [-0.2, 0) is 0 Å². The minimum absolute atomic E-state index is 0.163. The molecule has 0 saturated carbocycles. The smallest absolute Gasteiger partial charge is 0.321 e. The van der Waals surface area contributed by atoms with Crippen LogP contribution in [-0.4, -0.2) is 29.9 Å². The zero-order chi connectivity index (χ0) is 17.5. The molecule has 2 aromatic carbocycles. The van der Waals surface area contributed by atoms with Gasteiger partial charge in [0.2, 0.25) is 0 Å². The van der Waals surface area contributed by atoms with E-state index in [4.69, 9.17) is 0 Å². The lowest BCUT2D eigenvalue weighted by Gasteiger charge is -2.20. The number of para-hydroxylation sites is 1. The van der Waals surface area contributed by atoms with Gasteiger partial charge in [0.15, 0.2) is 0 Å². The number of nitrogens with one attached hydrogen (secondary N) is 2. The van der Waals surface area contributed by atoms with Crippen molar-refractivity contribution in [1.82, 2.24) is 4.90 Å². The summed E-state index contributed by atoms with van der Waals surface area (Å²) in [6.07, 6.45) is 0. The molecule has 3 amide bonds. The fourth-order valence-electron chi connectivity index (χ4n) is 2.33. The first-order valence-electron chi connectivity index (χ1n) is 8.08. The molecular weight excluding hydrogens is 302 g/mol. The largest absolute Gasteiger partial charge is 0.325 e. The third-order valence-electron chi connectivity index (χ3n) is 3.82. The van der Waals surface area contributed by atoms with Gasteiger partial charge in [-0.15, -0.1) is 0 Å². The van der Waals surface area contributed by atoms with Crippen LogP contribution in [0.2, 0.25) is 0 Å². The third kappa shape index (κ3) is 4.35. The maximum Gasteiger partial charge on any atom is 0.321 e. The van der Waals surface area contributed by atoms with Crippen LogP contribution in [0.1, 0.15) is 29.8 Å². The molecule has 0 aliphatic heterocycles. The normalized spacial score (nSPS) is 10.1. The van der Waals surface area contributed by atoms with Gasteiger partial charge >= 0.3 is 6.03 Å². The number of benzene rings is 2. The summed E-state index contributed by atoms with van der Waals surface area (Å²) < 4.78 is 0. The number of amides is 3. The van der Waals surface area contributed by atoms with E-state index in [-0.39, 0.29) is 11.9 Å². The van der Waals surface area contributed by atoms with Crippen LogP contribution in [0.5, 0.6) is 0 Å². The molecule has 0 heterocycles. The summed E-state index contributed by atoms with van der Waals surface area (Å²) in [4.78, 5) is 26.3. The molecule has 24 heavy (non-hydrogen) atoms. The fraction of sp³-hybridized carbons (Fsp3) is 0.263. The number of rotatable bonds is 5. The van der Waals surface area contributed by atoms with Crippen molar-refractivity contribution < 1.29 is 9.59 Å². The minimum atomic E-state index is -0.209. The lowest BCUT2D eigenvalue weighted by Crippen LogP contribution is -2.34. The van der Waals surface area contributed by atoms with E-state index in [1.807, 2.05) is 57.2 Å². The number of carbonyl (C=O) groups excluding carboxylic acids is 2. The molecule has 0 atom stereocenters. The van der Waals surface area contributed by atoms with Crippen LogP contribution >= 0.6 is 0 Å². The highest BCUT2D eigenvalue weighted by Crippen LogP contribution is 2.19. The van der Waals surface area contributed by atoms with Crippen molar-refractivity contribution in [2.75, 3.05) is 23.7 Å². The zero-order valence-electron chi connectivity index (χ0n) is 14.3. The van der Waals surface area contributed by atoms with Crippen LogP contribution in [0, 0.1) is 6.92 Å². The van der Waals surface area contributed by atoms with Crippen LogP contribution in [0.3, 0.4) is 0 Å². The molecule has 0 aliphatic carbocycles. The number of hydrogen-bond acceptors (Lipinski definition) is 2. The first kappa shape index (κ1) is 17.5. The fourth-order valence-corrected chi connectivity index (χ4v) is 2.33. The standard InChI is InChI=1S/C19H23N3O2/c1-4-22(5-2)19(24)21-17-13-15(12-11-14(17)3)18(23)20-16-9-7-6-8-10-16/h6-13H,4-5H2,1-3H3,(H,20,23)(H,21,24). The first-order valence-corrected chi connectivity index (χ1v) is 8.08. The van der Waals surface area contributed by atoms with Gasteiger partial charge in [-0.3, -0.25) is 4.79 Å². The van der Waals surface area contributed by atoms with Crippen molar-refractivity contribution in [2.24, 2.45) is 0 Å². The number of anilines is 2. The average molecular weight is 325 g/mol. The molecule has 0 unspecified atom stereocenters. The van der Waals surface area contributed by atoms with Gasteiger partial charge in [0.05, 0.1) is 0 Å². The molecule has 5 nitrogen and oxygen atoms in total. The molecule has 0 saturated heterocycles. The second-order valence-corrected chi connectivity index (χ2v) is 5.45. The van der Waals surface area contributed by atoms with Gasteiger partial charge in [0.25, 0.3) is 5.91 Å². The lowest BCUT2D eigenvalue weighted by molar-refractivity contribution is 0.102. The number of urea groups is 1. The van der Waals surface area contributed by atoms with Crippen LogP contribution in [0.15, 0.2) is 48.5 Å². The van der Waals surface area contributed by atoms with Crippen LogP contribution < -0.4 is 10.6 Å². The third-order valence-corrected chi connectivity index (χ3v) is 3.82. The van der Waals surface area contributed by atoms with Crippen LogP contribution in [0.4, 0.5) is 16.2 Å². The van der Waals surface area contributed by atoms with Gasteiger partial charge in [-0.25, -0.2) is 4.79 Å². The Morgan fingerprint density at radius 3 is 2.25 bits per heavy atom. The molecule has 2 aromatic rings. The number of aryl methyl sites for hydroxylation is 1. The Morgan fingerprint density at radius 2 is 1.62 bits per heavy atom. The Hall–Kier alpha value is -2.82. The Bertz CT molecular complexity index is 710. The van der Waals surface area contributed by atoms with Crippen molar-refractivity contribution in [3.63, 3.8) is 0 Å². The number of hydrogen-bond donors (Lipinski definition) is 2. The predicted molar refractivity (Wildman–Crippen MR) is 97.5 cm³/mol. The Kier molecular flexibility index (Phi) is 5.95. The van der Waals surface area contributed by atoms with E-state index < -0.39 is 0 Å². The lowest BCUT2D eigenvalue weighted by atomic mass is 10.1. The summed E-state index contributed by atoms with van der Waals surface area (Å²) in [7, 11) is 0. The highest BCUT2D eigenvalue weighted by atomic mass is 16.2. The molecule has 0 radical (unpaired) electrons. The molecule has 0 bridgehead atoms. The highest BCUT2D eigenvalue weighted by molar-refractivity contribution is 6.05. The molecule has 2 N–H and O–H groups in total. The quantitative estimate of drug-likeness (QED) is 0.868. The predicted octanol–water partition coefficient (Wildman–Crippen LogP) is 4.12. The summed E-state index contributed by atoms with van der Waals surface area (Å²) in [5, 5.41) is 5.72. The van der Waals surface area contributed by atoms with E-state index in [0.717, 1.165) is 11.3 Å². The van der Waals surface area contributed by atoms with Gasteiger partial charge in [0.1, 0.15) is 0 Å². The van der Waals surface area contributed by atoms with Crippen molar-refractivity contribution >= 4 is 23.3 Å².